The number of rotatable bonds is 8. The molecule has 1 N–H and O–H groups in total. The maximum atomic E-state index is 5.88. The van der Waals surface area contributed by atoms with Gasteiger partial charge in [0, 0.05) is 12.6 Å². The summed E-state index contributed by atoms with van der Waals surface area (Å²) in [4.78, 5) is 0. The second kappa shape index (κ2) is 8.15. The highest BCUT2D eigenvalue weighted by molar-refractivity contribution is 5.27. The first kappa shape index (κ1) is 15.0. The third kappa shape index (κ3) is 5.54. The van der Waals surface area contributed by atoms with Crippen LogP contribution in [0.15, 0.2) is 24.3 Å². The Morgan fingerprint density at radius 3 is 2.33 bits per heavy atom. The summed E-state index contributed by atoms with van der Waals surface area (Å²) in [6.07, 6.45) is 3.72. The van der Waals surface area contributed by atoms with E-state index in [2.05, 4.69) is 57.3 Å². The summed E-state index contributed by atoms with van der Waals surface area (Å²) in [6.45, 7) is 9.62. The first-order chi connectivity index (χ1) is 8.65. The number of benzene rings is 1. The van der Waals surface area contributed by atoms with Crippen molar-refractivity contribution in [2.45, 2.75) is 59.1 Å². The zero-order valence-electron chi connectivity index (χ0n) is 12.2. The Labute approximate surface area is 112 Å². The van der Waals surface area contributed by atoms with E-state index in [1.54, 1.807) is 0 Å². The van der Waals surface area contributed by atoms with E-state index >= 15 is 0 Å². The molecule has 2 atom stereocenters. The van der Waals surface area contributed by atoms with Crippen molar-refractivity contribution in [3.8, 4) is 5.75 Å². The van der Waals surface area contributed by atoms with Crippen LogP contribution in [0.25, 0.3) is 0 Å². The predicted octanol–water partition coefficient (Wildman–Crippen LogP) is 3.79. The fraction of sp³-hybridized carbons (Fsp3) is 0.625. The molecule has 0 aromatic heterocycles. The second-order valence-corrected chi connectivity index (χ2v) is 5.02. The molecule has 0 saturated heterocycles. The molecule has 2 nitrogen and oxygen atoms in total. The minimum atomic E-state index is 0.205. The van der Waals surface area contributed by atoms with Crippen molar-refractivity contribution in [3.63, 3.8) is 0 Å². The summed E-state index contributed by atoms with van der Waals surface area (Å²) in [7, 11) is 0. The first-order valence-corrected chi connectivity index (χ1v) is 7.14. The fourth-order valence-electron chi connectivity index (χ4n) is 1.98. The Balaban J connectivity index is 2.32. The third-order valence-electron chi connectivity index (χ3n) is 3.14. The quantitative estimate of drug-likeness (QED) is 0.756. The zero-order valence-corrected chi connectivity index (χ0v) is 12.2. The van der Waals surface area contributed by atoms with Gasteiger partial charge in [0.1, 0.15) is 11.9 Å². The first-order valence-electron chi connectivity index (χ1n) is 7.14. The van der Waals surface area contributed by atoms with Crippen molar-refractivity contribution in [1.29, 1.82) is 0 Å². The van der Waals surface area contributed by atoms with Gasteiger partial charge in [0.15, 0.2) is 0 Å². The lowest BCUT2D eigenvalue weighted by Crippen LogP contribution is -2.34. The molecule has 0 aliphatic carbocycles. The molecule has 0 fully saturated rings. The number of aryl methyl sites for hydroxylation is 1. The molecule has 0 amide bonds. The van der Waals surface area contributed by atoms with Crippen LogP contribution in [0.3, 0.4) is 0 Å². The average molecular weight is 249 g/mol. The molecule has 0 heterocycles. The van der Waals surface area contributed by atoms with Gasteiger partial charge in [-0.1, -0.05) is 32.4 Å². The second-order valence-electron chi connectivity index (χ2n) is 5.02. The fourth-order valence-corrected chi connectivity index (χ4v) is 1.98. The van der Waals surface area contributed by atoms with Crippen molar-refractivity contribution in [3.05, 3.63) is 29.8 Å². The lowest BCUT2D eigenvalue weighted by atomic mass is 10.2. The number of ether oxygens (including phenoxy) is 1. The Kier molecular flexibility index (Phi) is 6.81. The van der Waals surface area contributed by atoms with Crippen molar-refractivity contribution in [2.75, 3.05) is 6.54 Å². The van der Waals surface area contributed by atoms with Crippen molar-refractivity contribution < 1.29 is 4.74 Å². The molecule has 0 aliphatic heterocycles. The molecule has 0 bridgehead atoms. The smallest absolute Gasteiger partial charge is 0.119 e. The van der Waals surface area contributed by atoms with E-state index < -0.39 is 0 Å². The normalized spacial score (nSPS) is 14.2. The molecule has 0 radical (unpaired) electrons. The van der Waals surface area contributed by atoms with Crippen molar-refractivity contribution in [2.24, 2.45) is 0 Å². The van der Waals surface area contributed by atoms with Crippen molar-refractivity contribution in [1.82, 2.24) is 5.32 Å². The highest BCUT2D eigenvalue weighted by Gasteiger charge is 2.06. The largest absolute Gasteiger partial charge is 0.489 e. The van der Waals surface area contributed by atoms with Crippen LogP contribution in [-0.4, -0.2) is 18.7 Å². The van der Waals surface area contributed by atoms with E-state index in [9.17, 15) is 0 Å². The van der Waals surface area contributed by atoms with Crippen LogP contribution >= 0.6 is 0 Å². The summed E-state index contributed by atoms with van der Waals surface area (Å²) < 4.78 is 5.88. The zero-order chi connectivity index (χ0) is 13.4. The molecule has 1 aromatic rings. The van der Waals surface area contributed by atoms with E-state index in [0.29, 0.717) is 6.04 Å². The summed E-state index contributed by atoms with van der Waals surface area (Å²) in [6, 6.07) is 8.96. The number of nitrogens with one attached hydrogen (secondary N) is 1. The highest BCUT2D eigenvalue weighted by Crippen LogP contribution is 2.14. The van der Waals surface area contributed by atoms with Gasteiger partial charge in [-0.05, 0) is 44.4 Å². The van der Waals surface area contributed by atoms with E-state index in [1.807, 2.05) is 0 Å². The maximum absolute atomic E-state index is 5.88. The van der Waals surface area contributed by atoms with Gasteiger partial charge < -0.3 is 10.1 Å². The van der Waals surface area contributed by atoms with Gasteiger partial charge in [-0.15, -0.1) is 0 Å². The monoisotopic (exact) mass is 249 g/mol. The third-order valence-corrected chi connectivity index (χ3v) is 3.14. The predicted molar refractivity (Wildman–Crippen MR) is 78.3 cm³/mol. The van der Waals surface area contributed by atoms with Crippen LogP contribution in [0.5, 0.6) is 5.75 Å². The standard InChI is InChI=1S/C16H27NO/c1-5-7-13(3)17-12-14(4)18-16-10-8-15(6-2)9-11-16/h8-11,13-14,17H,5-7,12H2,1-4H3. The molecule has 0 aliphatic rings. The van der Waals surface area contributed by atoms with Gasteiger partial charge in [0.2, 0.25) is 0 Å². The molecule has 18 heavy (non-hydrogen) atoms. The van der Waals surface area contributed by atoms with Crippen LogP contribution in [-0.2, 0) is 6.42 Å². The Morgan fingerprint density at radius 2 is 1.78 bits per heavy atom. The van der Waals surface area contributed by atoms with Gasteiger partial charge in [-0.3, -0.25) is 0 Å². The molecule has 1 rings (SSSR count). The highest BCUT2D eigenvalue weighted by atomic mass is 16.5. The van der Waals surface area contributed by atoms with Crippen LogP contribution < -0.4 is 10.1 Å². The van der Waals surface area contributed by atoms with Gasteiger partial charge >= 0.3 is 0 Å². The lowest BCUT2D eigenvalue weighted by Gasteiger charge is -2.19. The summed E-state index contributed by atoms with van der Waals surface area (Å²) in [5.41, 5.74) is 1.35. The van der Waals surface area contributed by atoms with Crippen LogP contribution in [0.2, 0.25) is 0 Å². The van der Waals surface area contributed by atoms with E-state index in [-0.39, 0.29) is 6.10 Å². The molecule has 2 unspecified atom stereocenters. The summed E-state index contributed by atoms with van der Waals surface area (Å²) in [5.74, 6) is 0.963. The lowest BCUT2D eigenvalue weighted by molar-refractivity contribution is 0.211. The van der Waals surface area contributed by atoms with Gasteiger partial charge in [-0.25, -0.2) is 0 Å². The molecular formula is C16H27NO. The summed E-state index contributed by atoms with van der Waals surface area (Å²) >= 11 is 0. The van der Waals surface area contributed by atoms with Crippen LogP contribution in [0, 0.1) is 0 Å². The number of hydrogen-bond acceptors (Lipinski definition) is 2. The minimum Gasteiger partial charge on any atom is -0.489 e. The molecular weight excluding hydrogens is 222 g/mol. The molecule has 0 spiro atoms. The van der Waals surface area contributed by atoms with Crippen LogP contribution in [0.1, 0.15) is 46.1 Å². The molecule has 0 saturated carbocycles. The Morgan fingerprint density at radius 1 is 1.11 bits per heavy atom. The van der Waals surface area contributed by atoms with E-state index in [0.717, 1.165) is 18.7 Å². The topological polar surface area (TPSA) is 21.3 Å². The summed E-state index contributed by atoms with van der Waals surface area (Å²) in [5, 5.41) is 3.50. The van der Waals surface area contributed by atoms with Gasteiger partial charge in [0.05, 0.1) is 0 Å². The molecule has 1 aromatic carbocycles. The number of hydrogen-bond donors (Lipinski definition) is 1. The van der Waals surface area contributed by atoms with Crippen LogP contribution in [0.4, 0.5) is 0 Å². The Bertz CT molecular complexity index is 320. The van der Waals surface area contributed by atoms with Crippen molar-refractivity contribution >= 4 is 0 Å². The Hall–Kier alpha value is -1.02. The van der Waals surface area contributed by atoms with Gasteiger partial charge in [0.25, 0.3) is 0 Å². The average Bonchev–Trinajstić information content (AvgIpc) is 2.38. The maximum Gasteiger partial charge on any atom is 0.119 e. The SMILES string of the molecule is CCCC(C)NCC(C)Oc1ccc(CC)cc1. The molecule has 2 heteroatoms. The molecule has 102 valence electrons. The van der Waals surface area contributed by atoms with E-state index in [4.69, 9.17) is 4.74 Å². The van der Waals surface area contributed by atoms with Gasteiger partial charge in [-0.2, -0.15) is 0 Å². The van der Waals surface area contributed by atoms with E-state index in [1.165, 1.54) is 18.4 Å². The minimum absolute atomic E-state index is 0.205.